The summed E-state index contributed by atoms with van der Waals surface area (Å²) in [5.74, 6) is -0.656. The van der Waals surface area contributed by atoms with Gasteiger partial charge >= 0.3 is 0 Å². The lowest BCUT2D eigenvalue weighted by atomic mass is 10.2. The number of halogens is 1. The minimum atomic E-state index is -0.369. The van der Waals surface area contributed by atoms with Crippen molar-refractivity contribution >= 4 is 33.1 Å². The van der Waals surface area contributed by atoms with E-state index >= 15 is 0 Å². The number of hydrogen-bond acceptors (Lipinski definition) is 4. The van der Waals surface area contributed by atoms with E-state index in [-0.39, 0.29) is 30.2 Å². The molecule has 1 aromatic carbocycles. The number of amides is 1. The number of rotatable bonds is 4. The lowest BCUT2D eigenvalue weighted by molar-refractivity contribution is -0.116. The zero-order valence-electron chi connectivity index (χ0n) is 12.4. The van der Waals surface area contributed by atoms with Crippen LogP contribution in [0.2, 0.25) is 0 Å². The summed E-state index contributed by atoms with van der Waals surface area (Å²) in [7, 11) is 0. The molecule has 0 saturated carbocycles. The number of nitrogens with one attached hydrogen (secondary N) is 1. The lowest BCUT2D eigenvalue weighted by Crippen LogP contribution is -2.23. The number of carbonyl (C=O) groups is 1. The van der Waals surface area contributed by atoms with Crippen molar-refractivity contribution in [2.45, 2.75) is 19.9 Å². The molecule has 0 aliphatic heterocycles. The Balaban J connectivity index is 1.67. The second kappa shape index (κ2) is 6.29. The van der Waals surface area contributed by atoms with Gasteiger partial charge in [-0.1, -0.05) is 6.07 Å². The Morgan fingerprint density at radius 2 is 2.22 bits per heavy atom. The molecule has 7 heteroatoms. The largest absolute Gasteiger partial charge is 0.326 e. The van der Waals surface area contributed by atoms with Crippen molar-refractivity contribution in [3.63, 3.8) is 0 Å². The van der Waals surface area contributed by atoms with Gasteiger partial charge in [0.25, 0.3) is 5.56 Å². The Morgan fingerprint density at radius 1 is 1.39 bits per heavy atom. The number of hydrogen-bond donors (Lipinski definition) is 1. The number of benzene rings is 1. The first-order valence-corrected chi connectivity index (χ1v) is 7.91. The third-order valence-corrected chi connectivity index (χ3v) is 4.31. The van der Waals surface area contributed by atoms with Crippen LogP contribution in [0.15, 0.2) is 40.8 Å². The predicted octanol–water partition coefficient (Wildman–Crippen LogP) is 2.93. The number of nitrogens with zero attached hydrogens (tertiary/aromatic N) is 2. The van der Waals surface area contributed by atoms with Gasteiger partial charge in [0.05, 0.1) is 11.7 Å². The summed E-state index contributed by atoms with van der Waals surface area (Å²) in [6, 6.07) is 6.24. The van der Waals surface area contributed by atoms with E-state index in [9.17, 15) is 14.0 Å². The van der Waals surface area contributed by atoms with Crippen LogP contribution in [0.4, 0.5) is 10.1 Å². The Hall–Kier alpha value is -2.54. The van der Waals surface area contributed by atoms with Gasteiger partial charge in [-0.25, -0.2) is 9.37 Å². The van der Waals surface area contributed by atoms with Gasteiger partial charge in [-0.15, -0.1) is 11.3 Å². The van der Waals surface area contributed by atoms with Gasteiger partial charge in [0.15, 0.2) is 0 Å². The van der Waals surface area contributed by atoms with Crippen LogP contribution in [0.25, 0.3) is 10.2 Å². The quantitative estimate of drug-likeness (QED) is 0.799. The van der Waals surface area contributed by atoms with Crippen LogP contribution in [-0.2, 0) is 11.3 Å². The molecule has 0 fully saturated rings. The molecule has 0 bridgehead atoms. The third kappa shape index (κ3) is 3.29. The molecular formula is C16H14FN3O2S. The maximum atomic E-state index is 13.4. The highest BCUT2D eigenvalue weighted by Crippen LogP contribution is 2.15. The molecule has 0 aliphatic rings. The Labute approximate surface area is 135 Å². The fourth-order valence-electron chi connectivity index (χ4n) is 2.17. The van der Waals surface area contributed by atoms with E-state index in [1.54, 1.807) is 25.1 Å². The summed E-state index contributed by atoms with van der Waals surface area (Å²) < 4.78 is 14.9. The van der Waals surface area contributed by atoms with Crippen molar-refractivity contribution in [3.8, 4) is 0 Å². The van der Waals surface area contributed by atoms with Crippen LogP contribution < -0.4 is 10.9 Å². The van der Waals surface area contributed by atoms with Gasteiger partial charge in [0, 0.05) is 18.7 Å². The highest BCUT2D eigenvalue weighted by molar-refractivity contribution is 7.16. The van der Waals surface area contributed by atoms with Crippen LogP contribution >= 0.6 is 11.3 Å². The van der Waals surface area contributed by atoms with Crippen LogP contribution in [0.5, 0.6) is 0 Å². The van der Waals surface area contributed by atoms with Crippen molar-refractivity contribution in [1.29, 1.82) is 0 Å². The number of fused-ring (bicyclic) bond motifs is 1. The standard InChI is InChI=1S/C16H14FN3O2S/c1-10-2-3-11(8-13(10)17)19-14(21)4-6-20-9-18-15-12(16(20)22)5-7-23-15/h2-3,5,7-9H,4,6H2,1H3,(H,19,21). The highest BCUT2D eigenvalue weighted by Gasteiger charge is 2.08. The monoisotopic (exact) mass is 331 g/mol. The normalized spacial score (nSPS) is 10.9. The topological polar surface area (TPSA) is 64.0 Å². The molecule has 3 rings (SSSR count). The Bertz CT molecular complexity index is 932. The van der Waals surface area contributed by atoms with E-state index in [4.69, 9.17) is 0 Å². The molecule has 118 valence electrons. The van der Waals surface area contributed by atoms with Crippen molar-refractivity contribution in [3.05, 3.63) is 57.7 Å². The Kier molecular flexibility index (Phi) is 4.20. The zero-order chi connectivity index (χ0) is 16.4. The van der Waals surface area contributed by atoms with E-state index in [2.05, 4.69) is 10.3 Å². The molecule has 0 saturated heterocycles. The maximum absolute atomic E-state index is 13.4. The SMILES string of the molecule is Cc1ccc(NC(=O)CCn2cnc3sccc3c2=O)cc1F. The lowest BCUT2D eigenvalue weighted by Gasteiger charge is -2.07. The van der Waals surface area contributed by atoms with Gasteiger partial charge < -0.3 is 5.32 Å². The number of carbonyl (C=O) groups excluding carboxylic acids is 1. The molecule has 0 radical (unpaired) electrons. The van der Waals surface area contributed by atoms with Crippen LogP contribution in [-0.4, -0.2) is 15.5 Å². The number of aryl methyl sites for hydroxylation is 2. The molecule has 1 amide bonds. The smallest absolute Gasteiger partial charge is 0.262 e. The summed E-state index contributed by atoms with van der Waals surface area (Å²) in [5, 5.41) is 4.98. The molecule has 0 atom stereocenters. The van der Waals surface area contributed by atoms with Crippen molar-refractivity contribution in [2.75, 3.05) is 5.32 Å². The van der Waals surface area contributed by atoms with Gasteiger partial charge in [-0.05, 0) is 36.1 Å². The summed E-state index contributed by atoms with van der Waals surface area (Å²) >= 11 is 1.40. The number of anilines is 1. The van der Waals surface area contributed by atoms with Crippen LogP contribution in [0.3, 0.4) is 0 Å². The molecular weight excluding hydrogens is 317 g/mol. The van der Waals surface area contributed by atoms with Crippen LogP contribution in [0, 0.1) is 12.7 Å². The minimum absolute atomic E-state index is 0.104. The highest BCUT2D eigenvalue weighted by atomic mass is 32.1. The molecule has 0 spiro atoms. The average molecular weight is 331 g/mol. The summed E-state index contributed by atoms with van der Waals surface area (Å²) in [6.45, 7) is 1.87. The molecule has 5 nitrogen and oxygen atoms in total. The fourth-order valence-corrected chi connectivity index (χ4v) is 2.89. The number of thiophene rings is 1. The van der Waals surface area contributed by atoms with Gasteiger partial charge in [0.2, 0.25) is 5.91 Å². The van der Waals surface area contributed by atoms with E-state index in [0.29, 0.717) is 21.5 Å². The predicted molar refractivity (Wildman–Crippen MR) is 88.3 cm³/mol. The molecule has 23 heavy (non-hydrogen) atoms. The van der Waals surface area contributed by atoms with Crippen molar-refractivity contribution < 1.29 is 9.18 Å². The molecule has 3 aromatic rings. The second-order valence-electron chi connectivity index (χ2n) is 5.14. The first-order chi connectivity index (χ1) is 11.0. The first kappa shape index (κ1) is 15.4. The Morgan fingerprint density at radius 3 is 3.00 bits per heavy atom. The summed E-state index contributed by atoms with van der Waals surface area (Å²) in [6.07, 6.45) is 1.55. The van der Waals surface area contributed by atoms with Crippen molar-refractivity contribution in [1.82, 2.24) is 9.55 Å². The zero-order valence-corrected chi connectivity index (χ0v) is 13.2. The van der Waals surface area contributed by atoms with Crippen molar-refractivity contribution in [2.24, 2.45) is 0 Å². The molecule has 2 heterocycles. The minimum Gasteiger partial charge on any atom is -0.326 e. The first-order valence-electron chi connectivity index (χ1n) is 7.03. The fraction of sp³-hybridized carbons (Fsp3) is 0.188. The summed E-state index contributed by atoms with van der Waals surface area (Å²) in [4.78, 5) is 29.0. The van der Waals surface area contributed by atoms with E-state index in [1.165, 1.54) is 28.3 Å². The molecule has 0 unspecified atom stereocenters. The molecule has 2 aromatic heterocycles. The van der Waals surface area contributed by atoms with E-state index < -0.39 is 0 Å². The van der Waals surface area contributed by atoms with Gasteiger partial charge in [-0.2, -0.15) is 0 Å². The average Bonchev–Trinajstić information content (AvgIpc) is 3.00. The van der Waals surface area contributed by atoms with Crippen LogP contribution in [0.1, 0.15) is 12.0 Å². The maximum Gasteiger partial charge on any atom is 0.262 e. The summed E-state index contributed by atoms with van der Waals surface area (Å²) in [5.41, 5.74) is 0.756. The van der Waals surface area contributed by atoms with E-state index in [0.717, 1.165) is 0 Å². The molecule has 1 N–H and O–H groups in total. The third-order valence-electron chi connectivity index (χ3n) is 3.49. The van der Waals surface area contributed by atoms with Gasteiger partial charge in [0.1, 0.15) is 10.6 Å². The van der Waals surface area contributed by atoms with E-state index in [1.807, 2.05) is 5.38 Å². The van der Waals surface area contributed by atoms with Gasteiger partial charge in [-0.3, -0.25) is 14.2 Å². The number of aromatic nitrogens is 2. The second-order valence-corrected chi connectivity index (χ2v) is 6.04. The molecule has 0 aliphatic carbocycles.